The quantitative estimate of drug-likeness (QED) is 0.845. The van der Waals surface area contributed by atoms with E-state index < -0.39 is 0 Å². The Kier molecular flexibility index (Phi) is 7.76. The summed E-state index contributed by atoms with van der Waals surface area (Å²) in [6, 6.07) is 9.13. The number of hydrogen-bond donors (Lipinski definition) is 2. The minimum atomic E-state index is 0. The first-order chi connectivity index (χ1) is 9.69. The molecule has 3 nitrogen and oxygen atoms in total. The lowest BCUT2D eigenvalue weighted by molar-refractivity contribution is -0.121. The van der Waals surface area contributed by atoms with Crippen molar-refractivity contribution in [1.29, 1.82) is 0 Å². The van der Waals surface area contributed by atoms with E-state index in [-0.39, 0.29) is 24.4 Å². The normalized spacial score (nSPS) is 18.9. The van der Waals surface area contributed by atoms with Crippen molar-refractivity contribution in [3.8, 4) is 0 Å². The molecule has 0 saturated carbocycles. The van der Waals surface area contributed by atoms with Crippen LogP contribution in [0.1, 0.15) is 56.7 Å². The standard InChI is InChI=1S/C17H26N2O.ClH/c1-3-14-6-8-15(9-7-14)13(2)19-17(20)11-10-16-5-4-12-18-16;/h6-9,13,16,18H,3-5,10-12H2,1-2H3,(H,19,20);1H. The second kappa shape index (κ2) is 9.06. The third kappa shape index (κ3) is 5.68. The van der Waals surface area contributed by atoms with E-state index in [2.05, 4.69) is 41.8 Å². The molecular formula is C17H27ClN2O. The van der Waals surface area contributed by atoms with Crippen molar-refractivity contribution in [3.63, 3.8) is 0 Å². The van der Waals surface area contributed by atoms with Crippen LogP contribution in [0.3, 0.4) is 0 Å². The van der Waals surface area contributed by atoms with Crippen molar-refractivity contribution in [3.05, 3.63) is 35.4 Å². The lowest BCUT2D eigenvalue weighted by Crippen LogP contribution is -2.29. The lowest BCUT2D eigenvalue weighted by Gasteiger charge is -2.16. The van der Waals surface area contributed by atoms with Gasteiger partial charge in [0.05, 0.1) is 6.04 Å². The van der Waals surface area contributed by atoms with Gasteiger partial charge in [-0.15, -0.1) is 12.4 Å². The molecule has 1 heterocycles. The monoisotopic (exact) mass is 310 g/mol. The maximum atomic E-state index is 12.0. The molecule has 2 unspecified atom stereocenters. The van der Waals surface area contributed by atoms with E-state index in [1.165, 1.54) is 24.0 Å². The molecule has 1 saturated heterocycles. The first-order valence-corrected chi connectivity index (χ1v) is 7.80. The highest BCUT2D eigenvalue weighted by molar-refractivity contribution is 5.85. The van der Waals surface area contributed by atoms with E-state index in [1.54, 1.807) is 0 Å². The topological polar surface area (TPSA) is 41.1 Å². The van der Waals surface area contributed by atoms with Crippen molar-refractivity contribution in [2.45, 2.75) is 58.0 Å². The molecule has 0 spiro atoms. The van der Waals surface area contributed by atoms with Crippen LogP contribution < -0.4 is 10.6 Å². The van der Waals surface area contributed by atoms with E-state index in [1.807, 2.05) is 6.92 Å². The van der Waals surface area contributed by atoms with Crippen molar-refractivity contribution >= 4 is 18.3 Å². The number of halogens is 1. The maximum Gasteiger partial charge on any atom is 0.220 e. The summed E-state index contributed by atoms with van der Waals surface area (Å²) in [6.45, 7) is 5.30. The Bertz CT molecular complexity index is 427. The molecule has 1 amide bonds. The number of carbonyl (C=O) groups is 1. The predicted molar refractivity (Wildman–Crippen MR) is 89.9 cm³/mol. The Morgan fingerprint density at radius 2 is 2.10 bits per heavy atom. The first kappa shape index (κ1) is 18.0. The Labute approximate surface area is 134 Å². The summed E-state index contributed by atoms with van der Waals surface area (Å²) in [5, 5.41) is 6.52. The van der Waals surface area contributed by atoms with E-state index in [0.29, 0.717) is 12.5 Å². The molecule has 2 atom stereocenters. The van der Waals surface area contributed by atoms with Crippen LogP contribution in [-0.2, 0) is 11.2 Å². The summed E-state index contributed by atoms with van der Waals surface area (Å²) in [5.41, 5.74) is 2.51. The number of hydrogen-bond acceptors (Lipinski definition) is 2. The smallest absolute Gasteiger partial charge is 0.220 e. The molecule has 0 bridgehead atoms. The Morgan fingerprint density at radius 3 is 2.67 bits per heavy atom. The van der Waals surface area contributed by atoms with Crippen LogP contribution >= 0.6 is 12.4 Å². The fourth-order valence-electron chi connectivity index (χ4n) is 2.75. The van der Waals surface area contributed by atoms with Crippen molar-refractivity contribution < 1.29 is 4.79 Å². The zero-order valence-electron chi connectivity index (χ0n) is 13.0. The Morgan fingerprint density at radius 1 is 1.38 bits per heavy atom. The molecule has 1 aliphatic rings. The van der Waals surface area contributed by atoms with Crippen LogP contribution in [0.15, 0.2) is 24.3 Å². The second-order valence-corrected chi connectivity index (χ2v) is 5.72. The van der Waals surface area contributed by atoms with Gasteiger partial charge in [0.15, 0.2) is 0 Å². The van der Waals surface area contributed by atoms with Crippen LogP contribution in [0.4, 0.5) is 0 Å². The van der Waals surface area contributed by atoms with E-state index in [9.17, 15) is 4.79 Å². The molecule has 0 aliphatic carbocycles. The number of carbonyl (C=O) groups excluding carboxylic acids is 1. The zero-order valence-corrected chi connectivity index (χ0v) is 13.8. The molecule has 1 aromatic rings. The molecule has 0 radical (unpaired) electrons. The van der Waals surface area contributed by atoms with Crippen LogP contribution in [-0.4, -0.2) is 18.5 Å². The van der Waals surface area contributed by atoms with Gasteiger partial charge < -0.3 is 10.6 Å². The molecule has 2 rings (SSSR count). The fourth-order valence-corrected chi connectivity index (χ4v) is 2.75. The van der Waals surface area contributed by atoms with Gasteiger partial charge in [-0.2, -0.15) is 0 Å². The number of nitrogens with one attached hydrogen (secondary N) is 2. The third-order valence-corrected chi connectivity index (χ3v) is 4.15. The summed E-state index contributed by atoms with van der Waals surface area (Å²) in [7, 11) is 0. The van der Waals surface area contributed by atoms with Crippen LogP contribution in [0.5, 0.6) is 0 Å². The molecule has 2 N–H and O–H groups in total. The van der Waals surface area contributed by atoms with Gasteiger partial charge >= 0.3 is 0 Å². The van der Waals surface area contributed by atoms with E-state index >= 15 is 0 Å². The summed E-state index contributed by atoms with van der Waals surface area (Å²) < 4.78 is 0. The SMILES string of the molecule is CCc1ccc(C(C)NC(=O)CCC2CCCN2)cc1.Cl. The van der Waals surface area contributed by atoms with Gasteiger partial charge in [0, 0.05) is 12.5 Å². The van der Waals surface area contributed by atoms with Crippen LogP contribution in [0.25, 0.3) is 0 Å². The zero-order chi connectivity index (χ0) is 14.4. The van der Waals surface area contributed by atoms with Gasteiger partial charge in [-0.25, -0.2) is 0 Å². The maximum absolute atomic E-state index is 12.0. The average Bonchev–Trinajstić information content (AvgIpc) is 2.98. The highest BCUT2D eigenvalue weighted by Gasteiger charge is 2.16. The number of benzene rings is 1. The van der Waals surface area contributed by atoms with E-state index in [4.69, 9.17) is 0 Å². The van der Waals surface area contributed by atoms with Gasteiger partial charge in [-0.05, 0) is 50.3 Å². The van der Waals surface area contributed by atoms with Crippen molar-refractivity contribution in [1.82, 2.24) is 10.6 Å². The Balaban J connectivity index is 0.00000220. The third-order valence-electron chi connectivity index (χ3n) is 4.15. The van der Waals surface area contributed by atoms with Gasteiger partial charge in [-0.1, -0.05) is 31.2 Å². The summed E-state index contributed by atoms with van der Waals surface area (Å²) >= 11 is 0. The van der Waals surface area contributed by atoms with Gasteiger partial charge in [0.25, 0.3) is 0 Å². The molecular weight excluding hydrogens is 284 g/mol. The molecule has 21 heavy (non-hydrogen) atoms. The Hall–Kier alpha value is -1.06. The molecule has 4 heteroatoms. The van der Waals surface area contributed by atoms with Gasteiger partial charge in [-0.3, -0.25) is 4.79 Å². The van der Waals surface area contributed by atoms with Crippen molar-refractivity contribution in [2.75, 3.05) is 6.54 Å². The summed E-state index contributed by atoms with van der Waals surface area (Å²) in [5.74, 6) is 0.158. The summed E-state index contributed by atoms with van der Waals surface area (Å²) in [4.78, 5) is 12.0. The molecule has 0 aromatic heterocycles. The van der Waals surface area contributed by atoms with E-state index in [0.717, 1.165) is 19.4 Å². The minimum Gasteiger partial charge on any atom is -0.350 e. The fraction of sp³-hybridized carbons (Fsp3) is 0.588. The number of amides is 1. The predicted octanol–water partition coefficient (Wildman–Crippen LogP) is 3.38. The molecule has 118 valence electrons. The molecule has 1 aromatic carbocycles. The molecule has 1 aliphatic heterocycles. The number of rotatable bonds is 6. The summed E-state index contributed by atoms with van der Waals surface area (Å²) in [6.07, 6.45) is 5.07. The highest BCUT2D eigenvalue weighted by Crippen LogP contribution is 2.15. The number of aryl methyl sites for hydroxylation is 1. The highest BCUT2D eigenvalue weighted by atomic mass is 35.5. The average molecular weight is 311 g/mol. The first-order valence-electron chi connectivity index (χ1n) is 7.80. The van der Waals surface area contributed by atoms with Crippen molar-refractivity contribution in [2.24, 2.45) is 0 Å². The van der Waals surface area contributed by atoms with Gasteiger partial charge in [0.1, 0.15) is 0 Å². The lowest BCUT2D eigenvalue weighted by atomic mass is 10.0. The molecule has 1 fully saturated rings. The second-order valence-electron chi connectivity index (χ2n) is 5.72. The van der Waals surface area contributed by atoms with Gasteiger partial charge in [0.2, 0.25) is 5.91 Å². The largest absolute Gasteiger partial charge is 0.350 e. The van der Waals surface area contributed by atoms with Crippen LogP contribution in [0, 0.1) is 0 Å². The van der Waals surface area contributed by atoms with Crippen LogP contribution in [0.2, 0.25) is 0 Å². The minimum absolute atomic E-state index is 0.